The monoisotopic (exact) mass is 423 g/mol. The zero-order valence-corrected chi connectivity index (χ0v) is 17.5. The molecule has 2 aliphatic rings. The van der Waals surface area contributed by atoms with E-state index in [-0.39, 0.29) is 18.5 Å². The van der Waals surface area contributed by atoms with Gasteiger partial charge in [0.15, 0.2) is 0 Å². The number of carbonyl (C=O) groups excluding carboxylic acids is 3. The van der Waals surface area contributed by atoms with Crippen LogP contribution in [0, 0.1) is 12.7 Å². The zero-order valence-electron chi connectivity index (χ0n) is 17.5. The molecule has 162 valence electrons. The second kappa shape index (κ2) is 8.88. The Kier molecular flexibility index (Phi) is 6.02. The number of hydrogen-bond donors (Lipinski definition) is 1. The van der Waals surface area contributed by atoms with Crippen LogP contribution in [0.3, 0.4) is 0 Å². The second-order valence-electron chi connectivity index (χ2n) is 8.27. The number of rotatable bonds is 5. The topological polar surface area (TPSA) is 69.7 Å². The lowest BCUT2D eigenvalue weighted by Crippen LogP contribution is -2.45. The molecule has 4 amide bonds. The molecular formula is C24H26FN3O3. The maximum Gasteiger partial charge on any atom is 0.332 e. The van der Waals surface area contributed by atoms with E-state index in [4.69, 9.17) is 0 Å². The van der Waals surface area contributed by atoms with Crippen LogP contribution in [-0.2, 0) is 9.59 Å². The summed E-state index contributed by atoms with van der Waals surface area (Å²) in [6.07, 6.45) is 4.58. The van der Waals surface area contributed by atoms with Gasteiger partial charge in [-0.3, -0.25) is 9.59 Å². The SMILES string of the molecule is Cc1cccc(N2C(=O)[C@H](CC(=O)Nc3cccc(F)c3)N(C3CCCCC3)C2=O)c1. The van der Waals surface area contributed by atoms with Gasteiger partial charge in [-0.1, -0.05) is 37.5 Å². The minimum atomic E-state index is -0.871. The van der Waals surface area contributed by atoms with Gasteiger partial charge in [0, 0.05) is 11.7 Å². The lowest BCUT2D eigenvalue weighted by molar-refractivity contribution is -0.125. The lowest BCUT2D eigenvalue weighted by atomic mass is 9.93. The van der Waals surface area contributed by atoms with Crippen LogP contribution in [0.25, 0.3) is 0 Å². The highest BCUT2D eigenvalue weighted by molar-refractivity contribution is 6.22. The number of nitrogens with one attached hydrogen (secondary N) is 1. The highest BCUT2D eigenvalue weighted by atomic mass is 19.1. The summed E-state index contributed by atoms with van der Waals surface area (Å²) in [4.78, 5) is 42.2. The summed E-state index contributed by atoms with van der Waals surface area (Å²) >= 11 is 0. The Morgan fingerprint density at radius 2 is 1.81 bits per heavy atom. The third-order valence-electron chi connectivity index (χ3n) is 5.97. The molecule has 7 heteroatoms. The number of aryl methyl sites for hydroxylation is 1. The van der Waals surface area contributed by atoms with Gasteiger partial charge in [0.05, 0.1) is 12.1 Å². The van der Waals surface area contributed by atoms with Crippen LogP contribution >= 0.6 is 0 Å². The first-order chi connectivity index (χ1) is 14.9. The Labute approximate surface area is 181 Å². The van der Waals surface area contributed by atoms with Crippen molar-refractivity contribution in [3.63, 3.8) is 0 Å². The number of nitrogens with zero attached hydrogens (tertiary/aromatic N) is 2. The van der Waals surface area contributed by atoms with Crippen molar-refractivity contribution in [2.75, 3.05) is 10.2 Å². The third kappa shape index (κ3) is 4.45. The van der Waals surface area contributed by atoms with E-state index in [2.05, 4.69) is 5.32 Å². The Hall–Kier alpha value is -3.22. The molecule has 0 spiro atoms. The predicted molar refractivity (Wildman–Crippen MR) is 116 cm³/mol. The normalized spacial score (nSPS) is 19.7. The number of carbonyl (C=O) groups is 3. The molecule has 0 unspecified atom stereocenters. The Morgan fingerprint density at radius 1 is 1.06 bits per heavy atom. The first-order valence-electron chi connectivity index (χ1n) is 10.7. The van der Waals surface area contributed by atoms with Gasteiger partial charge in [0.2, 0.25) is 5.91 Å². The van der Waals surface area contributed by atoms with Crippen molar-refractivity contribution in [3.05, 3.63) is 59.9 Å². The van der Waals surface area contributed by atoms with Crippen molar-refractivity contribution >= 4 is 29.2 Å². The summed E-state index contributed by atoms with van der Waals surface area (Å²) < 4.78 is 13.4. The van der Waals surface area contributed by atoms with Crippen molar-refractivity contribution in [3.8, 4) is 0 Å². The lowest BCUT2D eigenvalue weighted by Gasteiger charge is -2.33. The smallest absolute Gasteiger partial charge is 0.326 e. The average molecular weight is 423 g/mol. The van der Waals surface area contributed by atoms with Gasteiger partial charge in [-0.2, -0.15) is 0 Å². The van der Waals surface area contributed by atoms with E-state index in [0.717, 1.165) is 37.7 Å². The van der Waals surface area contributed by atoms with Gasteiger partial charge >= 0.3 is 6.03 Å². The van der Waals surface area contributed by atoms with E-state index in [1.807, 2.05) is 13.0 Å². The maximum atomic E-state index is 13.4. The molecule has 2 aromatic carbocycles. The molecule has 0 bridgehead atoms. The predicted octanol–water partition coefficient (Wildman–Crippen LogP) is 4.63. The van der Waals surface area contributed by atoms with Gasteiger partial charge in [-0.15, -0.1) is 0 Å². The molecule has 2 fully saturated rings. The molecule has 1 saturated carbocycles. The van der Waals surface area contributed by atoms with E-state index in [1.54, 1.807) is 29.2 Å². The van der Waals surface area contributed by atoms with Crippen LogP contribution in [-0.4, -0.2) is 34.8 Å². The van der Waals surface area contributed by atoms with Crippen molar-refractivity contribution in [1.82, 2.24) is 4.90 Å². The standard InChI is InChI=1S/C24H26FN3O3/c1-16-7-5-12-20(13-16)28-23(30)21(27(24(28)31)19-10-3-2-4-11-19)15-22(29)26-18-9-6-8-17(25)14-18/h5-9,12-14,19,21H,2-4,10-11,15H2,1H3,(H,26,29)/t21-/m0/s1. The number of hydrogen-bond acceptors (Lipinski definition) is 3. The van der Waals surface area contributed by atoms with E-state index in [0.29, 0.717) is 11.4 Å². The molecule has 2 aromatic rings. The van der Waals surface area contributed by atoms with E-state index < -0.39 is 23.7 Å². The van der Waals surface area contributed by atoms with Gasteiger partial charge in [-0.25, -0.2) is 14.1 Å². The molecule has 0 radical (unpaired) electrons. The summed E-state index contributed by atoms with van der Waals surface area (Å²) in [6, 6.07) is 11.5. The second-order valence-corrected chi connectivity index (χ2v) is 8.27. The third-order valence-corrected chi connectivity index (χ3v) is 5.97. The minimum absolute atomic E-state index is 0.0630. The average Bonchev–Trinajstić information content (AvgIpc) is 2.98. The largest absolute Gasteiger partial charge is 0.332 e. The Balaban J connectivity index is 1.60. The highest BCUT2D eigenvalue weighted by Crippen LogP contribution is 2.33. The minimum Gasteiger partial charge on any atom is -0.326 e. The van der Waals surface area contributed by atoms with E-state index in [1.165, 1.54) is 23.1 Å². The van der Waals surface area contributed by atoms with Crippen LogP contribution in [0.4, 0.5) is 20.6 Å². The van der Waals surface area contributed by atoms with E-state index >= 15 is 0 Å². The first-order valence-corrected chi connectivity index (χ1v) is 10.7. The Bertz CT molecular complexity index is 1000. The zero-order chi connectivity index (χ0) is 22.0. The summed E-state index contributed by atoms with van der Waals surface area (Å²) in [5, 5.41) is 2.64. The van der Waals surface area contributed by atoms with E-state index in [9.17, 15) is 18.8 Å². The van der Waals surface area contributed by atoms with Crippen molar-refractivity contribution in [2.45, 2.75) is 57.5 Å². The Morgan fingerprint density at radius 3 is 2.52 bits per heavy atom. The number of imide groups is 1. The molecule has 4 rings (SSSR count). The molecule has 31 heavy (non-hydrogen) atoms. The van der Waals surface area contributed by atoms with Gasteiger partial charge in [0.25, 0.3) is 5.91 Å². The summed E-state index contributed by atoms with van der Waals surface area (Å²) in [6.45, 7) is 1.90. The summed E-state index contributed by atoms with van der Waals surface area (Å²) in [5.74, 6) is -1.28. The molecule has 1 aliphatic carbocycles. The van der Waals surface area contributed by atoms with Crippen molar-refractivity contribution in [2.24, 2.45) is 0 Å². The number of halogens is 1. The molecule has 0 aromatic heterocycles. The van der Waals surface area contributed by atoms with Crippen LogP contribution in [0.1, 0.15) is 44.1 Å². The number of amides is 4. The fourth-order valence-corrected chi connectivity index (χ4v) is 4.53. The molecule has 1 aliphatic heterocycles. The summed E-state index contributed by atoms with van der Waals surface area (Å²) in [5.41, 5.74) is 1.78. The van der Waals surface area contributed by atoms with Crippen LogP contribution < -0.4 is 10.2 Å². The number of anilines is 2. The van der Waals surface area contributed by atoms with Crippen LogP contribution in [0.5, 0.6) is 0 Å². The number of benzene rings is 2. The van der Waals surface area contributed by atoms with Gasteiger partial charge in [0.1, 0.15) is 11.9 Å². The molecule has 1 saturated heterocycles. The first kappa shape index (κ1) is 21.0. The number of urea groups is 1. The highest BCUT2D eigenvalue weighted by Gasteiger charge is 2.49. The maximum absolute atomic E-state index is 13.4. The molecule has 1 N–H and O–H groups in total. The van der Waals surface area contributed by atoms with Crippen molar-refractivity contribution in [1.29, 1.82) is 0 Å². The van der Waals surface area contributed by atoms with Crippen LogP contribution in [0.15, 0.2) is 48.5 Å². The van der Waals surface area contributed by atoms with Crippen LogP contribution in [0.2, 0.25) is 0 Å². The quantitative estimate of drug-likeness (QED) is 0.713. The molecule has 1 atom stereocenters. The molecular weight excluding hydrogens is 397 g/mol. The fraction of sp³-hybridized carbons (Fsp3) is 0.375. The molecule has 1 heterocycles. The fourth-order valence-electron chi connectivity index (χ4n) is 4.53. The van der Waals surface area contributed by atoms with Gasteiger partial charge in [-0.05, 0) is 55.7 Å². The molecule has 6 nitrogen and oxygen atoms in total. The summed E-state index contributed by atoms with van der Waals surface area (Å²) in [7, 11) is 0. The van der Waals surface area contributed by atoms with Gasteiger partial charge < -0.3 is 10.2 Å². The van der Waals surface area contributed by atoms with Crippen molar-refractivity contribution < 1.29 is 18.8 Å².